The summed E-state index contributed by atoms with van der Waals surface area (Å²) >= 11 is 1.19. The van der Waals surface area contributed by atoms with E-state index in [2.05, 4.69) is 9.71 Å². The van der Waals surface area contributed by atoms with E-state index in [9.17, 15) is 18.3 Å². The molecule has 1 fully saturated rings. The third kappa shape index (κ3) is 2.82. The van der Waals surface area contributed by atoms with Crippen LogP contribution < -0.4 is 9.62 Å². The number of aromatic nitrogens is 1. The summed E-state index contributed by atoms with van der Waals surface area (Å²) in [6, 6.07) is 5.94. The molecule has 1 atom stereocenters. The van der Waals surface area contributed by atoms with Gasteiger partial charge in [-0.25, -0.2) is 13.4 Å². The van der Waals surface area contributed by atoms with Crippen molar-refractivity contribution < 1.29 is 18.3 Å². The van der Waals surface area contributed by atoms with E-state index in [1.807, 2.05) is 0 Å². The largest absolute Gasteiger partial charge is 0.383 e. The molecule has 0 radical (unpaired) electrons. The number of aliphatic hydroxyl groups is 1. The highest BCUT2D eigenvalue weighted by molar-refractivity contribution is 7.93. The molecule has 1 aliphatic rings. The summed E-state index contributed by atoms with van der Waals surface area (Å²) in [6.45, 7) is 0.420. The second-order valence-electron chi connectivity index (χ2n) is 4.73. The van der Waals surface area contributed by atoms with Crippen molar-refractivity contribution in [3.05, 3.63) is 35.8 Å². The third-order valence-corrected chi connectivity index (χ3v) is 5.46. The van der Waals surface area contributed by atoms with Gasteiger partial charge in [-0.3, -0.25) is 9.52 Å². The molecule has 1 aromatic carbocycles. The van der Waals surface area contributed by atoms with Gasteiger partial charge in [0.2, 0.25) is 0 Å². The Labute approximate surface area is 131 Å². The van der Waals surface area contributed by atoms with Crippen LogP contribution >= 0.6 is 11.3 Å². The number of amides is 1. The van der Waals surface area contributed by atoms with Crippen LogP contribution in [-0.4, -0.2) is 37.1 Å². The molecular formula is C13H13N3O4S2. The Morgan fingerprint density at radius 2 is 2.05 bits per heavy atom. The van der Waals surface area contributed by atoms with E-state index in [1.54, 1.807) is 17.5 Å². The van der Waals surface area contributed by atoms with Crippen LogP contribution in [0.3, 0.4) is 0 Å². The molecule has 1 aliphatic heterocycles. The number of nitrogens with one attached hydrogen (secondary N) is 1. The first-order valence-electron chi connectivity index (χ1n) is 6.49. The van der Waals surface area contributed by atoms with Crippen molar-refractivity contribution >= 4 is 38.1 Å². The Balaban J connectivity index is 1.81. The van der Waals surface area contributed by atoms with Crippen LogP contribution in [0, 0.1) is 0 Å². The van der Waals surface area contributed by atoms with Gasteiger partial charge in [0.25, 0.3) is 15.9 Å². The normalized spacial score (nSPS) is 18.7. The van der Waals surface area contributed by atoms with Crippen molar-refractivity contribution in [3.63, 3.8) is 0 Å². The highest BCUT2D eigenvalue weighted by atomic mass is 32.2. The zero-order valence-electron chi connectivity index (χ0n) is 11.3. The first-order chi connectivity index (χ1) is 10.5. The summed E-state index contributed by atoms with van der Waals surface area (Å²) in [5.41, 5.74) is 0.565. The van der Waals surface area contributed by atoms with Gasteiger partial charge in [0, 0.05) is 30.2 Å². The Morgan fingerprint density at radius 3 is 2.59 bits per heavy atom. The van der Waals surface area contributed by atoms with Crippen LogP contribution in [0.1, 0.15) is 6.42 Å². The van der Waals surface area contributed by atoms with Gasteiger partial charge in [0.05, 0.1) is 4.90 Å². The fraction of sp³-hybridized carbons (Fsp3) is 0.231. The minimum Gasteiger partial charge on any atom is -0.383 e. The topological polar surface area (TPSA) is 99.6 Å². The predicted molar refractivity (Wildman–Crippen MR) is 82.3 cm³/mol. The number of rotatable bonds is 4. The highest BCUT2D eigenvalue weighted by Gasteiger charge is 2.30. The lowest BCUT2D eigenvalue weighted by molar-refractivity contribution is -0.123. The average molecular weight is 339 g/mol. The molecule has 2 aromatic rings. The highest BCUT2D eigenvalue weighted by Crippen LogP contribution is 2.24. The average Bonchev–Trinajstić information content (AvgIpc) is 3.10. The number of carbonyl (C=O) groups excluding carboxylic acids is 1. The predicted octanol–water partition coefficient (Wildman–Crippen LogP) is 1.04. The van der Waals surface area contributed by atoms with Crippen LogP contribution in [0.4, 0.5) is 10.8 Å². The minimum atomic E-state index is -3.70. The zero-order valence-corrected chi connectivity index (χ0v) is 13.0. The first-order valence-corrected chi connectivity index (χ1v) is 8.85. The Hall–Kier alpha value is -1.97. The summed E-state index contributed by atoms with van der Waals surface area (Å²) in [6.07, 6.45) is 0.912. The van der Waals surface area contributed by atoms with E-state index in [0.29, 0.717) is 23.8 Å². The second kappa shape index (κ2) is 5.67. The van der Waals surface area contributed by atoms with Crippen LogP contribution in [0.2, 0.25) is 0 Å². The van der Waals surface area contributed by atoms with Gasteiger partial charge in [-0.1, -0.05) is 0 Å². The maximum absolute atomic E-state index is 12.2. The number of anilines is 2. The Morgan fingerprint density at radius 1 is 1.32 bits per heavy atom. The molecule has 1 aromatic heterocycles. The van der Waals surface area contributed by atoms with Crippen molar-refractivity contribution in [2.24, 2.45) is 0 Å². The molecule has 2 heterocycles. The Bertz CT molecular complexity index is 772. The third-order valence-electron chi connectivity index (χ3n) is 3.29. The zero-order chi connectivity index (χ0) is 15.7. The van der Waals surface area contributed by atoms with Crippen molar-refractivity contribution in [3.8, 4) is 0 Å². The summed E-state index contributed by atoms with van der Waals surface area (Å²) in [4.78, 5) is 17.1. The monoisotopic (exact) mass is 339 g/mol. The van der Waals surface area contributed by atoms with Gasteiger partial charge < -0.3 is 10.0 Å². The SMILES string of the molecule is O=C1C(O)CCN1c1ccc(S(=O)(=O)Nc2nccs2)cc1. The molecule has 0 spiro atoms. The smallest absolute Gasteiger partial charge is 0.263 e. The first kappa shape index (κ1) is 14.9. The molecule has 3 rings (SSSR count). The summed E-state index contributed by atoms with van der Waals surface area (Å²) in [5.74, 6) is -0.364. The van der Waals surface area contributed by atoms with Gasteiger partial charge in [0.1, 0.15) is 6.10 Å². The van der Waals surface area contributed by atoms with Gasteiger partial charge in [-0.15, -0.1) is 11.3 Å². The summed E-state index contributed by atoms with van der Waals surface area (Å²) < 4.78 is 26.7. The van der Waals surface area contributed by atoms with Crippen LogP contribution in [0.15, 0.2) is 40.7 Å². The number of nitrogens with zero attached hydrogens (tertiary/aromatic N) is 2. The van der Waals surface area contributed by atoms with E-state index < -0.39 is 16.1 Å². The van der Waals surface area contributed by atoms with Gasteiger partial charge in [-0.2, -0.15) is 0 Å². The fourth-order valence-electron chi connectivity index (χ4n) is 2.17. The lowest BCUT2D eigenvalue weighted by Gasteiger charge is -2.16. The van der Waals surface area contributed by atoms with Crippen LogP contribution in [0.25, 0.3) is 0 Å². The van der Waals surface area contributed by atoms with Gasteiger partial charge in [-0.05, 0) is 24.3 Å². The molecule has 9 heteroatoms. The molecule has 0 aliphatic carbocycles. The van der Waals surface area contributed by atoms with E-state index in [1.165, 1.54) is 34.6 Å². The lowest BCUT2D eigenvalue weighted by Crippen LogP contribution is -2.29. The number of hydrogen-bond acceptors (Lipinski definition) is 6. The van der Waals surface area contributed by atoms with E-state index >= 15 is 0 Å². The molecule has 7 nitrogen and oxygen atoms in total. The summed E-state index contributed by atoms with van der Waals surface area (Å²) in [7, 11) is -3.70. The maximum Gasteiger partial charge on any atom is 0.263 e. The number of hydrogen-bond donors (Lipinski definition) is 2. The Kier molecular flexibility index (Phi) is 3.85. The molecular weight excluding hydrogens is 326 g/mol. The van der Waals surface area contributed by atoms with Crippen molar-refractivity contribution in [2.75, 3.05) is 16.2 Å². The molecule has 1 amide bonds. The number of carbonyl (C=O) groups is 1. The van der Waals surface area contributed by atoms with Crippen molar-refractivity contribution in [1.29, 1.82) is 0 Å². The van der Waals surface area contributed by atoms with Crippen molar-refractivity contribution in [2.45, 2.75) is 17.4 Å². The van der Waals surface area contributed by atoms with Gasteiger partial charge in [0.15, 0.2) is 5.13 Å². The van der Waals surface area contributed by atoms with E-state index in [0.717, 1.165) is 0 Å². The summed E-state index contributed by atoms with van der Waals surface area (Å²) in [5, 5.41) is 11.4. The molecule has 1 saturated heterocycles. The number of aliphatic hydroxyl groups excluding tert-OH is 1. The number of thiazole rings is 1. The molecule has 116 valence electrons. The molecule has 2 N–H and O–H groups in total. The molecule has 0 saturated carbocycles. The fourth-order valence-corrected chi connectivity index (χ4v) is 3.96. The van der Waals surface area contributed by atoms with E-state index in [-0.39, 0.29) is 10.8 Å². The molecule has 1 unspecified atom stereocenters. The molecule has 0 bridgehead atoms. The molecule has 22 heavy (non-hydrogen) atoms. The van der Waals surface area contributed by atoms with Crippen LogP contribution in [0.5, 0.6) is 0 Å². The van der Waals surface area contributed by atoms with Crippen LogP contribution in [-0.2, 0) is 14.8 Å². The maximum atomic E-state index is 12.2. The standard InChI is InChI=1S/C13H13N3O4S2/c17-11-5-7-16(12(11)18)9-1-3-10(4-2-9)22(19,20)15-13-14-6-8-21-13/h1-4,6,8,11,17H,5,7H2,(H,14,15). The van der Waals surface area contributed by atoms with E-state index in [4.69, 9.17) is 0 Å². The number of benzene rings is 1. The van der Waals surface area contributed by atoms with Gasteiger partial charge >= 0.3 is 0 Å². The number of sulfonamides is 1. The second-order valence-corrected chi connectivity index (χ2v) is 7.31. The lowest BCUT2D eigenvalue weighted by atomic mass is 10.3. The quantitative estimate of drug-likeness (QED) is 0.867. The minimum absolute atomic E-state index is 0.0821. The van der Waals surface area contributed by atoms with Crippen molar-refractivity contribution in [1.82, 2.24) is 4.98 Å².